The van der Waals surface area contributed by atoms with E-state index in [-0.39, 0.29) is 30.7 Å². The number of carbonyl (C=O) groups is 3. The molecule has 0 unspecified atom stereocenters. The molecule has 28 heavy (non-hydrogen) atoms. The van der Waals surface area contributed by atoms with E-state index < -0.39 is 0 Å². The lowest BCUT2D eigenvalue weighted by Crippen LogP contribution is -2.34. The first-order chi connectivity index (χ1) is 13.6. The number of para-hydroxylation sites is 1. The number of hydrogen-bond acceptors (Lipinski definition) is 3. The molecule has 2 aliphatic heterocycles. The molecular formula is C23H18N2O3. The first-order valence-electron chi connectivity index (χ1n) is 9.16. The molecule has 0 spiro atoms. The van der Waals surface area contributed by atoms with Crippen LogP contribution in [0.4, 0.5) is 5.69 Å². The molecule has 0 saturated carbocycles. The van der Waals surface area contributed by atoms with Crippen molar-refractivity contribution in [3.05, 3.63) is 77.4 Å². The van der Waals surface area contributed by atoms with Crippen LogP contribution in [-0.2, 0) is 20.9 Å². The number of hydrogen-bond donors (Lipinski definition) is 0. The molecule has 0 fully saturated rings. The van der Waals surface area contributed by atoms with E-state index in [9.17, 15) is 14.4 Å². The van der Waals surface area contributed by atoms with Crippen molar-refractivity contribution in [2.24, 2.45) is 0 Å². The second-order valence-corrected chi connectivity index (χ2v) is 6.67. The standard InChI is InChI=1S/C23H18N2O3/c26-21(10-5-15-24-22(27)13-14-23(24)28)25-16-19-8-2-1-6-17(19)11-12-18-7-3-4-9-20(18)25/h1-4,6-9,13-14H,5,10,15-16H2. The Morgan fingerprint density at radius 2 is 1.54 bits per heavy atom. The molecule has 0 saturated heterocycles. The Hall–Kier alpha value is -3.65. The van der Waals surface area contributed by atoms with Gasteiger partial charge in [-0.15, -0.1) is 0 Å². The van der Waals surface area contributed by atoms with E-state index >= 15 is 0 Å². The average molecular weight is 370 g/mol. The Balaban J connectivity index is 1.55. The highest BCUT2D eigenvalue weighted by Crippen LogP contribution is 2.26. The van der Waals surface area contributed by atoms with Gasteiger partial charge in [-0.1, -0.05) is 42.2 Å². The molecule has 0 aromatic heterocycles. The maximum absolute atomic E-state index is 13.0. The number of fused-ring (bicyclic) bond motifs is 2. The average Bonchev–Trinajstić information content (AvgIpc) is 3.01. The van der Waals surface area contributed by atoms with Gasteiger partial charge in [-0.2, -0.15) is 0 Å². The van der Waals surface area contributed by atoms with Crippen LogP contribution in [0.25, 0.3) is 0 Å². The van der Waals surface area contributed by atoms with Crippen LogP contribution < -0.4 is 4.90 Å². The van der Waals surface area contributed by atoms with Crippen molar-refractivity contribution in [3.8, 4) is 11.8 Å². The van der Waals surface area contributed by atoms with Crippen LogP contribution in [0.1, 0.15) is 29.5 Å². The van der Waals surface area contributed by atoms with Gasteiger partial charge >= 0.3 is 0 Å². The zero-order valence-electron chi connectivity index (χ0n) is 15.2. The molecular weight excluding hydrogens is 352 g/mol. The lowest BCUT2D eigenvalue weighted by molar-refractivity contribution is -0.137. The molecule has 2 aromatic rings. The first-order valence-corrected chi connectivity index (χ1v) is 9.16. The molecule has 0 bridgehead atoms. The minimum absolute atomic E-state index is 0.0574. The Bertz CT molecular complexity index is 1040. The third kappa shape index (κ3) is 3.45. The number of benzene rings is 2. The summed E-state index contributed by atoms with van der Waals surface area (Å²) in [6.07, 6.45) is 3.17. The number of amides is 3. The smallest absolute Gasteiger partial charge is 0.253 e. The molecule has 0 atom stereocenters. The summed E-state index contributed by atoms with van der Waals surface area (Å²) in [5, 5.41) is 0. The fraction of sp³-hybridized carbons (Fsp3) is 0.174. The van der Waals surface area contributed by atoms with Crippen molar-refractivity contribution in [3.63, 3.8) is 0 Å². The van der Waals surface area contributed by atoms with Crippen molar-refractivity contribution in [2.75, 3.05) is 11.4 Å². The molecule has 5 nitrogen and oxygen atoms in total. The topological polar surface area (TPSA) is 57.7 Å². The van der Waals surface area contributed by atoms with Gasteiger partial charge in [-0.3, -0.25) is 19.3 Å². The Morgan fingerprint density at radius 1 is 0.893 bits per heavy atom. The molecule has 0 radical (unpaired) electrons. The second-order valence-electron chi connectivity index (χ2n) is 6.67. The minimum atomic E-state index is -0.321. The van der Waals surface area contributed by atoms with Gasteiger partial charge in [0.15, 0.2) is 0 Å². The minimum Gasteiger partial charge on any atom is -0.307 e. The summed E-state index contributed by atoms with van der Waals surface area (Å²) in [6, 6.07) is 15.4. The molecule has 2 heterocycles. The number of carbonyl (C=O) groups excluding carboxylic acids is 3. The van der Waals surface area contributed by atoms with Crippen LogP contribution in [-0.4, -0.2) is 29.2 Å². The van der Waals surface area contributed by atoms with Gasteiger partial charge in [0.05, 0.1) is 12.2 Å². The van der Waals surface area contributed by atoms with Crippen LogP contribution in [0.3, 0.4) is 0 Å². The first kappa shape index (κ1) is 17.7. The van der Waals surface area contributed by atoms with E-state index in [4.69, 9.17) is 0 Å². The van der Waals surface area contributed by atoms with Crippen molar-refractivity contribution in [1.82, 2.24) is 4.90 Å². The number of rotatable bonds is 4. The summed E-state index contributed by atoms with van der Waals surface area (Å²) in [6.45, 7) is 0.673. The van der Waals surface area contributed by atoms with Crippen LogP contribution in [0.15, 0.2) is 60.7 Å². The summed E-state index contributed by atoms with van der Waals surface area (Å²) in [5.74, 6) is 5.66. The Labute approximate surface area is 163 Å². The van der Waals surface area contributed by atoms with Crippen molar-refractivity contribution < 1.29 is 14.4 Å². The van der Waals surface area contributed by atoms with Gasteiger partial charge in [0, 0.05) is 36.2 Å². The molecule has 0 aliphatic carbocycles. The zero-order valence-corrected chi connectivity index (χ0v) is 15.2. The number of nitrogens with zero attached hydrogens (tertiary/aromatic N) is 2. The van der Waals surface area contributed by atoms with Gasteiger partial charge in [0.2, 0.25) is 5.91 Å². The predicted molar refractivity (Wildman–Crippen MR) is 105 cm³/mol. The van der Waals surface area contributed by atoms with Gasteiger partial charge in [0.1, 0.15) is 0 Å². The molecule has 2 aromatic carbocycles. The normalized spacial score (nSPS) is 14.7. The van der Waals surface area contributed by atoms with Crippen molar-refractivity contribution in [2.45, 2.75) is 19.4 Å². The maximum atomic E-state index is 13.0. The van der Waals surface area contributed by atoms with Crippen LogP contribution in [0.5, 0.6) is 0 Å². The third-order valence-electron chi connectivity index (χ3n) is 4.85. The molecule has 2 aliphatic rings. The predicted octanol–water partition coefficient (Wildman–Crippen LogP) is 2.64. The highest BCUT2D eigenvalue weighted by atomic mass is 16.2. The number of imide groups is 1. The Kier molecular flexibility index (Phi) is 4.77. The van der Waals surface area contributed by atoms with Crippen LogP contribution in [0.2, 0.25) is 0 Å². The van der Waals surface area contributed by atoms with E-state index in [0.29, 0.717) is 13.0 Å². The largest absolute Gasteiger partial charge is 0.307 e. The fourth-order valence-corrected chi connectivity index (χ4v) is 3.38. The molecule has 0 N–H and O–H groups in total. The third-order valence-corrected chi connectivity index (χ3v) is 4.85. The van der Waals surface area contributed by atoms with E-state index in [1.807, 2.05) is 48.5 Å². The summed E-state index contributed by atoms with van der Waals surface area (Å²) in [7, 11) is 0. The summed E-state index contributed by atoms with van der Waals surface area (Å²) in [5.41, 5.74) is 3.49. The van der Waals surface area contributed by atoms with Crippen LogP contribution in [0, 0.1) is 11.8 Å². The van der Waals surface area contributed by atoms with Gasteiger partial charge in [-0.25, -0.2) is 0 Å². The lowest BCUT2D eigenvalue weighted by Gasteiger charge is -2.26. The molecule has 4 rings (SSSR count). The van der Waals surface area contributed by atoms with E-state index in [0.717, 1.165) is 27.3 Å². The summed E-state index contributed by atoms with van der Waals surface area (Å²) >= 11 is 0. The highest BCUT2D eigenvalue weighted by molar-refractivity contribution is 6.12. The van der Waals surface area contributed by atoms with E-state index in [2.05, 4.69) is 11.8 Å². The van der Waals surface area contributed by atoms with Gasteiger partial charge in [-0.05, 0) is 30.2 Å². The second kappa shape index (κ2) is 7.53. The SMILES string of the molecule is O=C1C=CC(=O)N1CCCC(=O)N1Cc2ccccc2C#Cc2ccccc21. The summed E-state index contributed by atoms with van der Waals surface area (Å²) in [4.78, 5) is 39.3. The van der Waals surface area contributed by atoms with Crippen molar-refractivity contribution >= 4 is 23.4 Å². The van der Waals surface area contributed by atoms with E-state index in [1.165, 1.54) is 12.2 Å². The van der Waals surface area contributed by atoms with Crippen LogP contribution >= 0.6 is 0 Å². The summed E-state index contributed by atoms with van der Waals surface area (Å²) < 4.78 is 0. The Morgan fingerprint density at radius 3 is 2.32 bits per heavy atom. The van der Waals surface area contributed by atoms with Gasteiger partial charge < -0.3 is 4.90 Å². The maximum Gasteiger partial charge on any atom is 0.253 e. The molecule has 5 heteroatoms. The molecule has 138 valence electrons. The quantitative estimate of drug-likeness (QED) is 0.614. The molecule has 3 amide bonds. The lowest BCUT2D eigenvalue weighted by atomic mass is 10.0. The van der Waals surface area contributed by atoms with E-state index in [1.54, 1.807) is 4.90 Å². The van der Waals surface area contributed by atoms with Gasteiger partial charge in [0.25, 0.3) is 11.8 Å². The van der Waals surface area contributed by atoms with Crippen molar-refractivity contribution in [1.29, 1.82) is 0 Å². The number of anilines is 1. The highest BCUT2D eigenvalue weighted by Gasteiger charge is 2.24. The fourth-order valence-electron chi connectivity index (χ4n) is 3.38. The monoisotopic (exact) mass is 370 g/mol. The zero-order chi connectivity index (χ0) is 19.5.